The van der Waals surface area contributed by atoms with Crippen LogP contribution in [-0.4, -0.2) is 20.3 Å². The van der Waals surface area contributed by atoms with E-state index in [9.17, 15) is 18.0 Å². The second-order valence-electron chi connectivity index (χ2n) is 9.01. The monoisotopic (exact) mass is 469 g/mol. The largest absolute Gasteiger partial charge is 0.426 e. The van der Waals surface area contributed by atoms with Gasteiger partial charge in [0.25, 0.3) is 10.0 Å². The van der Waals surface area contributed by atoms with Crippen LogP contribution in [-0.2, 0) is 19.6 Å². The van der Waals surface area contributed by atoms with Crippen LogP contribution in [0.4, 0.5) is 5.69 Å². The first-order valence-electron chi connectivity index (χ1n) is 11.9. The van der Waals surface area contributed by atoms with E-state index in [1.54, 1.807) is 42.5 Å². The molecule has 2 aromatic rings. The number of ether oxygens (including phenoxy) is 1. The number of hydrogen-bond donors (Lipinski definition) is 0. The zero-order valence-corrected chi connectivity index (χ0v) is 19.6. The lowest BCUT2D eigenvalue weighted by molar-refractivity contribution is -0.140. The number of hydrogen-bond acceptors (Lipinski definition) is 5. The summed E-state index contributed by atoms with van der Waals surface area (Å²) < 4.78 is 33.5. The molecule has 0 heterocycles. The summed E-state index contributed by atoms with van der Waals surface area (Å²) >= 11 is 0. The van der Waals surface area contributed by atoms with Crippen molar-refractivity contribution in [2.24, 2.45) is 11.8 Å². The number of carbonyl (C=O) groups is 2. The van der Waals surface area contributed by atoms with Crippen molar-refractivity contribution in [3.8, 4) is 5.75 Å². The summed E-state index contributed by atoms with van der Waals surface area (Å²) in [6.45, 7) is 0. The summed E-state index contributed by atoms with van der Waals surface area (Å²) in [5.41, 5.74) is 0.256. The Bertz CT molecular complexity index is 1050. The molecular weight excluding hydrogens is 438 g/mol. The summed E-state index contributed by atoms with van der Waals surface area (Å²) in [5.74, 6) is -0.682. The fourth-order valence-electron chi connectivity index (χ4n) is 4.79. The van der Waals surface area contributed by atoms with E-state index < -0.39 is 15.9 Å². The molecule has 0 atom stereocenters. The number of sulfonamides is 1. The first-order valence-corrected chi connectivity index (χ1v) is 13.4. The Balaban J connectivity index is 1.60. The fraction of sp³-hybridized carbons (Fsp3) is 0.462. The second-order valence-corrected chi connectivity index (χ2v) is 10.8. The quantitative estimate of drug-likeness (QED) is 0.414. The van der Waals surface area contributed by atoms with Gasteiger partial charge in [-0.1, -0.05) is 56.7 Å². The predicted octanol–water partition coefficient (Wildman–Crippen LogP) is 5.47. The maximum atomic E-state index is 13.5. The molecule has 0 radical (unpaired) electrons. The normalized spacial score (nSPS) is 17.9. The Hall–Kier alpha value is -2.67. The number of esters is 1. The van der Waals surface area contributed by atoms with Crippen LogP contribution >= 0.6 is 0 Å². The molecular formula is C26H31NO5S. The van der Waals surface area contributed by atoms with Gasteiger partial charge < -0.3 is 4.74 Å². The molecule has 6 nitrogen and oxygen atoms in total. The lowest BCUT2D eigenvalue weighted by Gasteiger charge is -2.29. The lowest BCUT2D eigenvalue weighted by atomic mass is 9.88. The van der Waals surface area contributed by atoms with Crippen LogP contribution < -0.4 is 9.04 Å². The molecule has 2 aromatic carbocycles. The molecule has 33 heavy (non-hydrogen) atoms. The van der Waals surface area contributed by atoms with Crippen LogP contribution in [0.3, 0.4) is 0 Å². The van der Waals surface area contributed by atoms with Crippen LogP contribution in [0.5, 0.6) is 5.75 Å². The Kier molecular flexibility index (Phi) is 7.48. The summed E-state index contributed by atoms with van der Waals surface area (Å²) in [7, 11) is -4.08. The third-order valence-corrected chi connectivity index (χ3v) is 8.40. The number of amides is 1. The minimum atomic E-state index is -4.08. The van der Waals surface area contributed by atoms with Crippen molar-refractivity contribution in [3.63, 3.8) is 0 Å². The smallest absolute Gasteiger partial charge is 0.314 e. The van der Waals surface area contributed by atoms with Crippen molar-refractivity contribution in [3.05, 3.63) is 54.6 Å². The van der Waals surface area contributed by atoms with Gasteiger partial charge in [0.05, 0.1) is 16.5 Å². The number of rotatable bonds is 6. The molecule has 7 heteroatoms. The molecule has 0 saturated heterocycles. The minimum Gasteiger partial charge on any atom is -0.426 e. The molecule has 2 fully saturated rings. The Morgan fingerprint density at radius 3 is 1.85 bits per heavy atom. The number of nitrogens with zero attached hydrogens (tertiary/aromatic N) is 1. The van der Waals surface area contributed by atoms with Crippen LogP contribution in [0, 0.1) is 11.8 Å². The Labute approximate surface area is 196 Å². The lowest BCUT2D eigenvalue weighted by Crippen LogP contribution is -2.41. The first kappa shape index (κ1) is 23.5. The molecule has 2 saturated carbocycles. The van der Waals surface area contributed by atoms with E-state index in [1.807, 2.05) is 0 Å². The standard InChI is InChI=1S/C26H31NO5S/c28-25(20-10-4-1-5-11-20)27(33(30,31)24-14-8-3-9-15-24)22-16-18-23(19-17-22)32-26(29)21-12-6-2-7-13-21/h3,8-9,14-21H,1-2,4-7,10-13H2. The van der Waals surface area contributed by atoms with Gasteiger partial charge in [0.1, 0.15) is 5.75 Å². The molecule has 0 N–H and O–H groups in total. The van der Waals surface area contributed by atoms with Crippen LogP contribution in [0.2, 0.25) is 0 Å². The third kappa shape index (κ3) is 5.46. The maximum absolute atomic E-state index is 13.5. The molecule has 0 aliphatic heterocycles. The highest BCUT2D eigenvalue weighted by molar-refractivity contribution is 7.93. The molecule has 1 amide bonds. The molecule has 0 unspecified atom stereocenters. The molecule has 0 bridgehead atoms. The highest BCUT2D eigenvalue weighted by Gasteiger charge is 2.36. The topological polar surface area (TPSA) is 80.8 Å². The van der Waals surface area contributed by atoms with Gasteiger partial charge in [-0.3, -0.25) is 9.59 Å². The fourth-order valence-corrected chi connectivity index (χ4v) is 6.28. The van der Waals surface area contributed by atoms with Gasteiger partial charge in [0.15, 0.2) is 0 Å². The van der Waals surface area contributed by atoms with Crippen molar-refractivity contribution in [1.29, 1.82) is 0 Å². The summed E-state index contributed by atoms with van der Waals surface area (Å²) in [4.78, 5) is 26.0. The van der Waals surface area contributed by atoms with Crippen molar-refractivity contribution < 1.29 is 22.7 Å². The first-order chi connectivity index (χ1) is 16.0. The van der Waals surface area contributed by atoms with Gasteiger partial charge in [0.2, 0.25) is 5.91 Å². The average molecular weight is 470 g/mol. The van der Waals surface area contributed by atoms with Gasteiger partial charge in [-0.05, 0) is 62.1 Å². The summed E-state index contributed by atoms with van der Waals surface area (Å²) in [6, 6.07) is 14.2. The van der Waals surface area contributed by atoms with Crippen molar-refractivity contribution in [1.82, 2.24) is 0 Å². The van der Waals surface area contributed by atoms with E-state index in [-0.39, 0.29) is 28.4 Å². The van der Waals surface area contributed by atoms with Gasteiger partial charge in [-0.15, -0.1) is 0 Å². The van der Waals surface area contributed by atoms with Gasteiger partial charge >= 0.3 is 5.97 Å². The molecule has 4 rings (SSSR count). The molecule has 0 aromatic heterocycles. The number of anilines is 1. The van der Waals surface area contributed by atoms with E-state index in [0.717, 1.165) is 55.7 Å². The van der Waals surface area contributed by atoms with E-state index >= 15 is 0 Å². The average Bonchev–Trinajstić information content (AvgIpc) is 2.86. The zero-order valence-electron chi connectivity index (χ0n) is 18.8. The van der Waals surface area contributed by atoms with Gasteiger partial charge in [-0.25, -0.2) is 12.7 Å². The summed E-state index contributed by atoms with van der Waals surface area (Å²) in [5, 5.41) is 0. The van der Waals surface area contributed by atoms with Crippen molar-refractivity contribution in [2.45, 2.75) is 69.1 Å². The van der Waals surface area contributed by atoms with E-state index in [4.69, 9.17) is 4.74 Å². The number of benzene rings is 2. The Morgan fingerprint density at radius 1 is 0.727 bits per heavy atom. The van der Waals surface area contributed by atoms with E-state index in [0.29, 0.717) is 18.6 Å². The molecule has 176 valence electrons. The van der Waals surface area contributed by atoms with Crippen LogP contribution in [0.15, 0.2) is 59.5 Å². The van der Waals surface area contributed by atoms with Gasteiger partial charge in [-0.2, -0.15) is 0 Å². The van der Waals surface area contributed by atoms with Crippen molar-refractivity contribution in [2.75, 3.05) is 4.31 Å². The highest BCUT2D eigenvalue weighted by atomic mass is 32.2. The zero-order chi connectivity index (χ0) is 23.3. The Morgan fingerprint density at radius 2 is 1.27 bits per heavy atom. The van der Waals surface area contributed by atoms with Crippen LogP contribution in [0.25, 0.3) is 0 Å². The minimum absolute atomic E-state index is 0.0713. The van der Waals surface area contributed by atoms with Crippen molar-refractivity contribution >= 4 is 27.6 Å². The molecule has 0 spiro atoms. The highest BCUT2D eigenvalue weighted by Crippen LogP contribution is 2.33. The SMILES string of the molecule is O=C(Oc1ccc(N(C(=O)C2CCCCC2)S(=O)(=O)c2ccccc2)cc1)C1CCCCC1. The van der Waals surface area contributed by atoms with Gasteiger partial charge in [0, 0.05) is 5.92 Å². The second kappa shape index (κ2) is 10.5. The molecule has 2 aliphatic rings. The third-order valence-electron chi connectivity index (χ3n) is 6.66. The van der Waals surface area contributed by atoms with E-state index in [1.165, 1.54) is 12.1 Å². The summed E-state index contributed by atoms with van der Waals surface area (Å²) in [6.07, 6.45) is 9.20. The number of carbonyl (C=O) groups excluding carboxylic acids is 2. The predicted molar refractivity (Wildman–Crippen MR) is 126 cm³/mol. The maximum Gasteiger partial charge on any atom is 0.314 e. The van der Waals surface area contributed by atoms with Crippen LogP contribution in [0.1, 0.15) is 64.2 Å². The van der Waals surface area contributed by atoms with E-state index in [2.05, 4.69) is 0 Å². The molecule has 2 aliphatic carbocycles.